The number of hydrogen-bond acceptors (Lipinski definition) is 4. The molecule has 1 N–H and O–H groups in total. The molecule has 24 heavy (non-hydrogen) atoms. The van der Waals surface area contributed by atoms with Gasteiger partial charge in [-0.3, -0.25) is 14.5 Å². The number of carbonyl (C=O) groups excluding carboxylic acids is 3. The Morgan fingerprint density at radius 1 is 1.21 bits per heavy atom. The van der Waals surface area contributed by atoms with Crippen molar-refractivity contribution in [3.8, 4) is 0 Å². The zero-order valence-electron chi connectivity index (χ0n) is 12.9. The number of amides is 3. The molecule has 2 aromatic rings. The highest BCUT2D eigenvalue weighted by Crippen LogP contribution is 2.32. The third-order valence-electron chi connectivity index (χ3n) is 4.12. The fourth-order valence-corrected chi connectivity index (χ4v) is 3.79. The van der Waals surface area contributed by atoms with Gasteiger partial charge in [0.15, 0.2) is 5.78 Å². The molecule has 1 fully saturated rings. The molecule has 0 aliphatic carbocycles. The van der Waals surface area contributed by atoms with Crippen molar-refractivity contribution in [1.29, 1.82) is 0 Å². The van der Waals surface area contributed by atoms with Crippen molar-refractivity contribution in [2.75, 3.05) is 6.54 Å². The van der Waals surface area contributed by atoms with E-state index in [4.69, 9.17) is 11.6 Å². The van der Waals surface area contributed by atoms with Gasteiger partial charge >= 0.3 is 6.03 Å². The van der Waals surface area contributed by atoms with Crippen molar-refractivity contribution in [2.45, 2.75) is 18.9 Å². The molecular formula is C17H15ClN2O3S. The summed E-state index contributed by atoms with van der Waals surface area (Å²) in [6, 6.07) is 11.7. The number of halogens is 1. The first-order valence-electron chi connectivity index (χ1n) is 7.46. The van der Waals surface area contributed by atoms with Gasteiger partial charge in [0, 0.05) is 0 Å². The fraction of sp³-hybridized carbons (Fsp3) is 0.235. The Balaban J connectivity index is 1.87. The van der Waals surface area contributed by atoms with E-state index in [0.29, 0.717) is 21.2 Å². The van der Waals surface area contributed by atoms with Gasteiger partial charge in [0.1, 0.15) is 5.54 Å². The van der Waals surface area contributed by atoms with E-state index in [9.17, 15) is 14.4 Å². The van der Waals surface area contributed by atoms with Gasteiger partial charge in [-0.2, -0.15) is 0 Å². The maximum atomic E-state index is 12.9. The molecule has 1 aliphatic heterocycles. The molecule has 5 nitrogen and oxygen atoms in total. The van der Waals surface area contributed by atoms with Gasteiger partial charge in [-0.15, -0.1) is 11.3 Å². The van der Waals surface area contributed by atoms with Crippen LogP contribution in [0.25, 0.3) is 0 Å². The molecule has 1 unspecified atom stereocenters. The lowest BCUT2D eigenvalue weighted by Crippen LogP contribution is -2.43. The van der Waals surface area contributed by atoms with Crippen molar-refractivity contribution in [3.05, 3.63) is 57.2 Å². The number of ketones is 1. The molecule has 3 rings (SSSR count). The van der Waals surface area contributed by atoms with Gasteiger partial charge in [0.25, 0.3) is 5.91 Å². The molecule has 1 saturated heterocycles. The number of imide groups is 1. The second-order valence-electron chi connectivity index (χ2n) is 5.47. The minimum Gasteiger partial charge on any atom is -0.319 e. The zero-order chi connectivity index (χ0) is 17.3. The SMILES string of the molecule is CCC1(c2ccccc2)NC(=O)N(CC(=O)c2ccc(Cl)s2)C1=O. The second kappa shape index (κ2) is 6.37. The maximum absolute atomic E-state index is 12.9. The third kappa shape index (κ3) is 2.72. The molecule has 0 spiro atoms. The van der Waals surface area contributed by atoms with Crippen LogP contribution in [0.2, 0.25) is 4.34 Å². The Morgan fingerprint density at radius 2 is 1.92 bits per heavy atom. The number of carbonyl (C=O) groups is 3. The number of benzene rings is 1. The van der Waals surface area contributed by atoms with Gasteiger partial charge in [-0.1, -0.05) is 48.9 Å². The van der Waals surface area contributed by atoms with Crippen molar-refractivity contribution in [1.82, 2.24) is 10.2 Å². The van der Waals surface area contributed by atoms with Gasteiger partial charge in [-0.05, 0) is 24.1 Å². The average molecular weight is 363 g/mol. The summed E-state index contributed by atoms with van der Waals surface area (Å²) < 4.78 is 0.489. The van der Waals surface area contributed by atoms with Crippen LogP contribution in [0.1, 0.15) is 28.6 Å². The van der Waals surface area contributed by atoms with Gasteiger partial charge < -0.3 is 5.32 Å². The van der Waals surface area contributed by atoms with Crippen LogP contribution in [0.15, 0.2) is 42.5 Å². The summed E-state index contributed by atoms with van der Waals surface area (Å²) in [6.45, 7) is 1.53. The standard InChI is InChI=1S/C17H15ClN2O3S/c1-2-17(11-6-4-3-5-7-11)15(22)20(16(23)19-17)10-12(21)13-8-9-14(18)24-13/h3-9H,2,10H2,1H3,(H,19,23). The molecular weight excluding hydrogens is 348 g/mol. The first-order valence-corrected chi connectivity index (χ1v) is 8.65. The summed E-state index contributed by atoms with van der Waals surface area (Å²) in [5.74, 6) is -0.715. The topological polar surface area (TPSA) is 66.5 Å². The summed E-state index contributed by atoms with van der Waals surface area (Å²) in [7, 11) is 0. The highest BCUT2D eigenvalue weighted by molar-refractivity contribution is 7.18. The molecule has 1 aromatic carbocycles. The molecule has 7 heteroatoms. The number of rotatable bonds is 5. The summed E-state index contributed by atoms with van der Waals surface area (Å²) in [5.41, 5.74) is -0.411. The maximum Gasteiger partial charge on any atom is 0.325 e. The third-order valence-corrected chi connectivity index (χ3v) is 5.39. The summed E-state index contributed by atoms with van der Waals surface area (Å²) in [6.07, 6.45) is 0.400. The predicted molar refractivity (Wildman–Crippen MR) is 92.3 cm³/mol. The second-order valence-corrected chi connectivity index (χ2v) is 7.19. The Bertz CT molecular complexity index is 805. The quantitative estimate of drug-likeness (QED) is 0.654. The van der Waals surface area contributed by atoms with Crippen LogP contribution < -0.4 is 5.32 Å². The minimum absolute atomic E-state index is 0.296. The van der Waals surface area contributed by atoms with Gasteiger partial charge in [-0.25, -0.2) is 4.79 Å². The molecule has 1 atom stereocenters. The lowest BCUT2D eigenvalue weighted by molar-refractivity contribution is -0.131. The highest BCUT2D eigenvalue weighted by Gasteiger charge is 2.51. The highest BCUT2D eigenvalue weighted by atomic mass is 35.5. The van der Waals surface area contributed by atoms with Gasteiger partial charge in [0.05, 0.1) is 15.8 Å². The average Bonchev–Trinajstić information content (AvgIpc) is 3.13. The van der Waals surface area contributed by atoms with Crippen LogP contribution in [0.3, 0.4) is 0 Å². The Kier molecular flexibility index (Phi) is 4.43. The van der Waals surface area contributed by atoms with E-state index < -0.39 is 17.5 Å². The molecule has 0 saturated carbocycles. The molecule has 3 amide bonds. The normalized spacial score (nSPS) is 20.3. The molecule has 124 valence electrons. The number of urea groups is 1. The minimum atomic E-state index is -1.12. The Labute approximate surface area is 148 Å². The number of Topliss-reactive ketones (excluding diaryl/α,β-unsaturated/α-hetero) is 1. The Hall–Kier alpha value is -2.18. The van der Waals surface area contributed by atoms with Crippen LogP contribution in [0.5, 0.6) is 0 Å². The van der Waals surface area contributed by atoms with Crippen LogP contribution in [0.4, 0.5) is 4.79 Å². The zero-order valence-corrected chi connectivity index (χ0v) is 14.5. The fourth-order valence-electron chi connectivity index (χ4n) is 2.82. The van der Waals surface area contributed by atoms with Crippen LogP contribution in [-0.4, -0.2) is 29.2 Å². The first-order chi connectivity index (χ1) is 11.5. The first kappa shape index (κ1) is 16.7. The van der Waals surface area contributed by atoms with Crippen molar-refractivity contribution in [3.63, 3.8) is 0 Å². The van der Waals surface area contributed by atoms with E-state index in [1.54, 1.807) is 24.3 Å². The monoisotopic (exact) mass is 362 g/mol. The van der Waals surface area contributed by atoms with E-state index in [0.717, 1.165) is 16.2 Å². The van der Waals surface area contributed by atoms with Crippen molar-refractivity contribution < 1.29 is 14.4 Å². The van der Waals surface area contributed by atoms with Gasteiger partial charge in [0.2, 0.25) is 0 Å². The molecule has 0 radical (unpaired) electrons. The van der Waals surface area contributed by atoms with Crippen molar-refractivity contribution >= 4 is 40.7 Å². The number of hydrogen-bond donors (Lipinski definition) is 1. The van der Waals surface area contributed by atoms with E-state index in [-0.39, 0.29) is 12.3 Å². The Morgan fingerprint density at radius 3 is 2.50 bits per heavy atom. The summed E-state index contributed by atoms with van der Waals surface area (Å²) in [5, 5.41) is 2.76. The number of nitrogens with zero attached hydrogens (tertiary/aromatic N) is 1. The van der Waals surface area contributed by atoms with Crippen LogP contribution >= 0.6 is 22.9 Å². The largest absolute Gasteiger partial charge is 0.325 e. The summed E-state index contributed by atoms with van der Waals surface area (Å²) in [4.78, 5) is 39.0. The van der Waals surface area contributed by atoms with Crippen LogP contribution in [0, 0.1) is 0 Å². The van der Waals surface area contributed by atoms with E-state index >= 15 is 0 Å². The van der Waals surface area contributed by atoms with Crippen molar-refractivity contribution in [2.24, 2.45) is 0 Å². The number of nitrogens with one attached hydrogen (secondary N) is 1. The molecule has 0 bridgehead atoms. The smallest absolute Gasteiger partial charge is 0.319 e. The van der Waals surface area contributed by atoms with E-state index in [1.807, 2.05) is 25.1 Å². The molecule has 2 heterocycles. The molecule has 1 aliphatic rings. The number of thiophene rings is 1. The van der Waals surface area contributed by atoms with E-state index in [2.05, 4.69) is 5.32 Å². The lowest BCUT2D eigenvalue weighted by atomic mass is 9.87. The predicted octanol–water partition coefficient (Wildman–Crippen LogP) is 3.44. The van der Waals surface area contributed by atoms with E-state index in [1.165, 1.54) is 0 Å². The van der Waals surface area contributed by atoms with Crippen LogP contribution in [-0.2, 0) is 10.3 Å². The summed E-state index contributed by atoms with van der Waals surface area (Å²) >= 11 is 6.96. The molecule has 1 aromatic heterocycles. The lowest BCUT2D eigenvalue weighted by Gasteiger charge is -2.25.